The van der Waals surface area contributed by atoms with Gasteiger partial charge in [0.25, 0.3) is 0 Å². The van der Waals surface area contributed by atoms with E-state index in [9.17, 15) is 9.59 Å². The number of carbonyl (C=O) groups excluding carboxylic acids is 1. The summed E-state index contributed by atoms with van der Waals surface area (Å²) in [6.07, 6.45) is 1.49. The van der Waals surface area contributed by atoms with E-state index in [0.717, 1.165) is 0 Å². The van der Waals surface area contributed by atoms with Crippen LogP contribution in [0.5, 0.6) is 0 Å². The van der Waals surface area contributed by atoms with E-state index in [1.165, 1.54) is 13.1 Å². The van der Waals surface area contributed by atoms with Crippen LogP contribution in [0.2, 0.25) is 5.28 Å². The van der Waals surface area contributed by atoms with Crippen molar-refractivity contribution in [1.29, 1.82) is 0 Å². The highest BCUT2D eigenvalue weighted by Gasteiger charge is 2.19. The molecule has 7 heteroatoms. The van der Waals surface area contributed by atoms with E-state index < -0.39 is 17.9 Å². The maximum Gasteiger partial charge on any atom is 0.326 e. The molecule has 1 amide bonds. The van der Waals surface area contributed by atoms with Crippen molar-refractivity contribution in [2.24, 2.45) is 0 Å². The maximum absolute atomic E-state index is 10.8. The number of amides is 1. The molecule has 0 spiro atoms. The Morgan fingerprint density at radius 1 is 1.62 bits per heavy atom. The number of carboxylic acids is 1. The van der Waals surface area contributed by atoms with Crippen molar-refractivity contribution < 1.29 is 14.7 Å². The van der Waals surface area contributed by atoms with Crippen molar-refractivity contribution in [3.63, 3.8) is 0 Å². The van der Waals surface area contributed by atoms with Gasteiger partial charge in [0, 0.05) is 25.2 Å². The molecule has 0 saturated carbocycles. The predicted molar refractivity (Wildman–Crippen MR) is 56.0 cm³/mol. The van der Waals surface area contributed by atoms with Crippen molar-refractivity contribution in [2.75, 3.05) is 0 Å². The molecule has 1 unspecified atom stereocenters. The zero-order valence-electron chi connectivity index (χ0n) is 8.48. The lowest BCUT2D eigenvalue weighted by Crippen LogP contribution is -2.41. The molecular formula is C9H10ClN3O3. The van der Waals surface area contributed by atoms with E-state index in [1.807, 2.05) is 0 Å². The minimum atomic E-state index is -1.12. The van der Waals surface area contributed by atoms with Gasteiger partial charge in [0.05, 0.1) is 0 Å². The number of aliphatic carboxylic acids is 1. The molecule has 0 fully saturated rings. The standard InChI is InChI=1S/C9H10ClN3O3/c1-5(14)12-7(8(15)16)4-6-2-3-11-9(10)13-6/h2-3,7H,4H2,1H3,(H,12,14)(H,15,16). The highest BCUT2D eigenvalue weighted by Crippen LogP contribution is 2.04. The van der Waals surface area contributed by atoms with Crippen LogP contribution >= 0.6 is 11.6 Å². The zero-order valence-corrected chi connectivity index (χ0v) is 9.23. The van der Waals surface area contributed by atoms with Gasteiger partial charge >= 0.3 is 5.97 Å². The second-order valence-electron chi connectivity index (χ2n) is 3.11. The fourth-order valence-electron chi connectivity index (χ4n) is 1.14. The predicted octanol–water partition coefficient (Wildman–Crippen LogP) is 0.262. The van der Waals surface area contributed by atoms with Crippen molar-refractivity contribution in [3.05, 3.63) is 23.2 Å². The molecule has 16 heavy (non-hydrogen) atoms. The molecule has 2 N–H and O–H groups in total. The quantitative estimate of drug-likeness (QED) is 0.740. The number of carbonyl (C=O) groups is 2. The molecular weight excluding hydrogens is 234 g/mol. The molecule has 6 nitrogen and oxygen atoms in total. The summed E-state index contributed by atoms with van der Waals surface area (Å²) < 4.78 is 0. The average Bonchev–Trinajstić information content (AvgIpc) is 2.15. The minimum Gasteiger partial charge on any atom is -0.480 e. The number of carboxylic acid groups (broad SMARTS) is 1. The minimum absolute atomic E-state index is 0.0458. The number of nitrogens with one attached hydrogen (secondary N) is 1. The second-order valence-corrected chi connectivity index (χ2v) is 3.45. The Morgan fingerprint density at radius 3 is 2.81 bits per heavy atom. The molecule has 1 atom stereocenters. The number of aromatic nitrogens is 2. The van der Waals surface area contributed by atoms with Crippen LogP contribution in [-0.4, -0.2) is 33.0 Å². The monoisotopic (exact) mass is 243 g/mol. The molecule has 0 aliphatic rings. The van der Waals surface area contributed by atoms with Gasteiger partial charge in [-0.1, -0.05) is 0 Å². The molecule has 1 aromatic rings. The maximum atomic E-state index is 10.8. The zero-order chi connectivity index (χ0) is 12.1. The molecule has 0 saturated heterocycles. The van der Waals surface area contributed by atoms with E-state index in [2.05, 4.69) is 15.3 Å². The Bertz CT molecular complexity index is 411. The largest absolute Gasteiger partial charge is 0.480 e. The van der Waals surface area contributed by atoms with Crippen molar-refractivity contribution in [1.82, 2.24) is 15.3 Å². The Kier molecular flexibility index (Phi) is 4.19. The molecule has 0 aliphatic carbocycles. The van der Waals surface area contributed by atoms with Gasteiger partial charge in [-0.15, -0.1) is 0 Å². The van der Waals surface area contributed by atoms with Gasteiger partial charge in [0.1, 0.15) is 6.04 Å². The highest BCUT2D eigenvalue weighted by molar-refractivity contribution is 6.28. The van der Waals surface area contributed by atoms with Gasteiger partial charge in [0.2, 0.25) is 11.2 Å². The first-order valence-electron chi connectivity index (χ1n) is 4.46. The van der Waals surface area contributed by atoms with Gasteiger partial charge < -0.3 is 10.4 Å². The topological polar surface area (TPSA) is 92.2 Å². The van der Waals surface area contributed by atoms with E-state index in [4.69, 9.17) is 16.7 Å². The Morgan fingerprint density at radius 2 is 2.31 bits per heavy atom. The number of halogens is 1. The molecule has 1 aromatic heterocycles. The Labute approximate surface area is 96.7 Å². The smallest absolute Gasteiger partial charge is 0.326 e. The molecule has 0 bridgehead atoms. The third kappa shape index (κ3) is 3.82. The number of hydrogen-bond acceptors (Lipinski definition) is 4. The van der Waals surface area contributed by atoms with Gasteiger partial charge in [-0.25, -0.2) is 14.8 Å². The first-order chi connectivity index (χ1) is 7.49. The van der Waals surface area contributed by atoms with E-state index in [0.29, 0.717) is 5.69 Å². The Hall–Kier alpha value is -1.69. The van der Waals surface area contributed by atoms with Crippen LogP contribution < -0.4 is 5.32 Å². The summed E-state index contributed by atoms with van der Waals surface area (Å²) in [5, 5.41) is 11.2. The first kappa shape index (κ1) is 12.4. The second kappa shape index (κ2) is 5.41. The molecule has 1 heterocycles. The van der Waals surface area contributed by atoms with Gasteiger partial charge in [-0.3, -0.25) is 4.79 Å². The van der Waals surface area contributed by atoms with E-state index in [1.54, 1.807) is 6.07 Å². The lowest BCUT2D eigenvalue weighted by molar-refractivity contribution is -0.141. The molecule has 1 rings (SSSR count). The van der Waals surface area contributed by atoms with Crippen LogP contribution in [0.15, 0.2) is 12.3 Å². The van der Waals surface area contributed by atoms with Crippen LogP contribution in [0.1, 0.15) is 12.6 Å². The third-order valence-electron chi connectivity index (χ3n) is 1.77. The van der Waals surface area contributed by atoms with Crippen molar-refractivity contribution in [3.8, 4) is 0 Å². The van der Waals surface area contributed by atoms with Crippen LogP contribution in [0, 0.1) is 0 Å². The van der Waals surface area contributed by atoms with Crippen molar-refractivity contribution >= 4 is 23.5 Å². The molecule has 86 valence electrons. The molecule has 0 radical (unpaired) electrons. The summed E-state index contributed by atoms with van der Waals surface area (Å²) in [5.41, 5.74) is 0.459. The SMILES string of the molecule is CC(=O)NC(Cc1ccnc(Cl)n1)C(=O)O. The summed E-state index contributed by atoms with van der Waals surface area (Å²) in [5.74, 6) is -1.53. The number of hydrogen-bond donors (Lipinski definition) is 2. The summed E-state index contributed by atoms with van der Waals surface area (Å²) in [7, 11) is 0. The molecule has 0 aromatic carbocycles. The molecule has 0 aliphatic heterocycles. The van der Waals surface area contributed by atoms with Crippen LogP contribution in [0.4, 0.5) is 0 Å². The lowest BCUT2D eigenvalue weighted by atomic mass is 10.1. The first-order valence-corrected chi connectivity index (χ1v) is 4.84. The fraction of sp³-hybridized carbons (Fsp3) is 0.333. The Balaban J connectivity index is 2.75. The van der Waals surface area contributed by atoms with E-state index >= 15 is 0 Å². The lowest BCUT2D eigenvalue weighted by Gasteiger charge is -2.12. The summed E-state index contributed by atoms with van der Waals surface area (Å²) in [6.45, 7) is 1.25. The van der Waals surface area contributed by atoms with Crippen LogP contribution in [0.3, 0.4) is 0 Å². The number of rotatable bonds is 4. The third-order valence-corrected chi connectivity index (χ3v) is 1.95. The van der Waals surface area contributed by atoms with Gasteiger partial charge in [-0.2, -0.15) is 0 Å². The van der Waals surface area contributed by atoms with Crippen molar-refractivity contribution in [2.45, 2.75) is 19.4 Å². The highest BCUT2D eigenvalue weighted by atomic mass is 35.5. The summed E-state index contributed by atoms with van der Waals surface area (Å²) in [4.78, 5) is 29.1. The average molecular weight is 244 g/mol. The number of nitrogens with zero attached hydrogens (tertiary/aromatic N) is 2. The van der Waals surface area contributed by atoms with Gasteiger partial charge in [0.15, 0.2) is 0 Å². The van der Waals surface area contributed by atoms with Crippen LogP contribution in [0.25, 0.3) is 0 Å². The summed E-state index contributed by atoms with van der Waals surface area (Å²) >= 11 is 5.56. The van der Waals surface area contributed by atoms with Crippen LogP contribution in [-0.2, 0) is 16.0 Å². The normalized spacial score (nSPS) is 11.9. The van der Waals surface area contributed by atoms with Gasteiger partial charge in [-0.05, 0) is 17.7 Å². The summed E-state index contributed by atoms with van der Waals surface area (Å²) in [6, 6.07) is 0.535. The van der Waals surface area contributed by atoms with E-state index in [-0.39, 0.29) is 11.7 Å². The fourth-order valence-corrected chi connectivity index (χ4v) is 1.30.